The Kier molecular flexibility index (Phi) is 5.32. The molecule has 168 valence electrons. The summed E-state index contributed by atoms with van der Waals surface area (Å²) in [7, 11) is 0. The van der Waals surface area contributed by atoms with Gasteiger partial charge in [0.1, 0.15) is 5.01 Å². The molecule has 0 aliphatic rings. The second kappa shape index (κ2) is 8.78. The van der Waals surface area contributed by atoms with Gasteiger partial charge in [0.25, 0.3) is 5.91 Å². The highest BCUT2D eigenvalue weighted by atomic mass is 32.1. The highest BCUT2D eigenvalue weighted by Crippen LogP contribution is 2.31. The van der Waals surface area contributed by atoms with Gasteiger partial charge in [-0.05, 0) is 61.0 Å². The number of carbonyl (C=O) groups excluding carboxylic acids is 1. The van der Waals surface area contributed by atoms with Gasteiger partial charge in [0.2, 0.25) is 0 Å². The zero-order chi connectivity index (χ0) is 23.8. The van der Waals surface area contributed by atoms with Gasteiger partial charge in [0, 0.05) is 22.2 Å². The van der Waals surface area contributed by atoms with Gasteiger partial charge in [0.15, 0.2) is 0 Å². The Morgan fingerprint density at radius 2 is 1.51 bits per heavy atom. The maximum Gasteiger partial charge on any atom is 0.256 e. The molecule has 0 aliphatic carbocycles. The quantitative estimate of drug-likeness (QED) is 0.286. The molecule has 0 bridgehead atoms. The van der Waals surface area contributed by atoms with E-state index in [9.17, 15) is 4.79 Å². The van der Waals surface area contributed by atoms with E-state index in [0.29, 0.717) is 5.56 Å². The van der Waals surface area contributed by atoms with E-state index in [-0.39, 0.29) is 5.91 Å². The Bertz CT molecular complexity index is 1690. The highest BCUT2D eigenvalue weighted by Gasteiger charge is 2.15. The van der Waals surface area contributed by atoms with Gasteiger partial charge in [0.05, 0.1) is 27.0 Å². The van der Waals surface area contributed by atoms with Crippen LogP contribution in [-0.2, 0) is 0 Å². The molecule has 6 aromatic rings. The molecule has 6 rings (SSSR count). The highest BCUT2D eigenvalue weighted by molar-refractivity contribution is 7.21. The number of aromatic nitrogens is 2. The van der Waals surface area contributed by atoms with Crippen LogP contribution in [0.4, 0.5) is 5.69 Å². The average Bonchev–Trinajstić information content (AvgIpc) is 3.32. The van der Waals surface area contributed by atoms with Crippen molar-refractivity contribution in [2.75, 3.05) is 5.32 Å². The number of pyridine rings is 1. The number of aryl methyl sites for hydroxylation is 1. The van der Waals surface area contributed by atoms with Crippen LogP contribution >= 0.6 is 11.3 Å². The first-order valence-corrected chi connectivity index (χ1v) is 12.2. The number of fused-ring (bicyclic) bond motifs is 2. The molecule has 1 N–H and O–H groups in total. The minimum absolute atomic E-state index is 0.163. The molecule has 0 unspecified atom stereocenters. The first-order chi connectivity index (χ1) is 17.1. The molecule has 0 spiro atoms. The van der Waals surface area contributed by atoms with E-state index in [2.05, 4.69) is 30.4 Å². The van der Waals surface area contributed by atoms with Gasteiger partial charge in [-0.1, -0.05) is 54.6 Å². The van der Waals surface area contributed by atoms with E-state index >= 15 is 0 Å². The molecular formula is C30H21N3OS. The van der Waals surface area contributed by atoms with Crippen LogP contribution in [0.3, 0.4) is 0 Å². The number of nitrogens with zero attached hydrogens (tertiary/aromatic N) is 2. The number of nitrogens with one attached hydrogen (secondary N) is 1. The maximum atomic E-state index is 13.4. The lowest BCUT2D eigenvalue weighted by molar-refractivity contribution is 0.102. The molecular weight excluding hydrogens is 450 g/mol. The fourth-order valence-electron chi connectivity index (χ4n) is 4.18. The summed E-state index contributed by atoms with van der Waals surface area (Å²) in [6.45, 7) is 2.07. The first kappa shape index (κ1) is 21.2. The van der Waals surface area contributed by atoms with Gasteiger partial charge in [-0.15, -0.1) is 11.3 Å². The van der Waals surface area contributed by atoms with E-state index < -0.39 is 0 Å². The molecule has 0 saturated heterocycles. The Morgan fingerprint density at radius 1 is 0.743 bits per heavy atom. The monoisotopic (exact) mass is 471 g/mol. The standard InChI is InChI=1S/C30H21N3OS/c1-19-11-16-28-27(17-19)33-30(35-28)21-12-14-22(15-13-21)31-29(34)24-18-26(20-7-3-2-4-8-20)32-25-10-6-5-9-23(24)25/h2-18H,1H3,(H,31,34). The lowest BCUT2D eigenvalue weighted by Gasteiger charge is -2.11. The van der Waals surface area contributed by atoms with E-state index in [0.717, 1.165) is 43.9 Å². The molecule has 2 aromatic heterocycles. The molecule has 1 amide bonds. The van der Waals surface area contributed by atoms with Crippen molar-refractivity contribution in [3.05, 3.63) is 114 Å². The van der Waals surface area contributed by atoms with Crippen molar-refractivity contribution < 1.29 is 4.79 Å². The number of anilines is 1. The third kappa shape index (κ3) is 4.18. The Hall–Kier alpha value is -4.35. The predicted octanol–water partition coefficient (Wildman–Crippen LogP) is 7.74. The van der Waals surface area contributed by atoms with Crippen molar-refractivity contribution in [3.63, 3.8) is 0 Å². The normalized spacial score (nSPS) is 11.1. The van der Waals surface area contributed by atoms with Crippen LogP contribution in [0.25, 0.3) is 42.9 Å². The van der Waals surface area contributed by atoms with Crippen LogP contribution in [-0.4, -0.2) is 15.9 Å². The van der Waals surface area contributed by atoms with Crippen molar-refractivity contribution in [1.29, 1.82) is 0 Å². The number of amides is 1. The average molecular weight is 472 g/mol. The van der Waals surface area contributed by atoms with Crippen LogP contribution in [0.2, 0.25) is 0 Å². The van der Waals surface area contributed by atoms with Gasteiger partial charge in [-0.25, -0.2) is 9.97 Å². The van der Waals surface area contributed by atoms with Crippen molar-refractivity contribution >= 4 is 44.1 Å². The molecule has 4 nitrogen and oxygen atoms in total. The molecule has 35 heavy (non-hydrogen) atoms. The summed E-state index contributed by atoms with van der Waals surface area (Å²) in [6.07, 6.45) is 0. The lowest BCUT2D eigenvalue weighted by Crippen LogP contribution is -2.13. The minimum atomic E-state index is -0.163. The van der Waals surface area contributed by atoms with E-state index in [1.54, 1.807) is 11.3 Å². The Morgan fingerprint density at radius 3 is 2.34 bits per heavy atom. The second-order valence-corrected chi connectivity index (χ2v) is 9.49. The third-order valence-corrected chi connectivity index (χ3v) is 7.05. The summed E-state index contributed by atoms with van der Waals surface area (Å²) < 4.78 is 1.17. The topological polar surface area (TPSA) is 54.9 Å². The van der Waals surface area contributed by atoms with Crippen molar-refractivity contribution in [1.82, 2.24) is 9.97 Å². The number of hydrogen-bond acceptors (Lipinski definition) is 4. The molecule has 0 saturated carbocycles. The number of carbonyl (C=O) groups is 1. The third-order valence-electron chi connectivity index (χ3n) is 5.96. The van der Waals surface area contributed by atoms with Gasteiger partial charge in [-0.3, -0.25) is 4.79 Å². The number of benzene rings is 4. The van der Waals surface area contributed by atoms with E-state index in [1.807, 2.05) is 84.9 Å². The Balaban J connectivity index is 1.30. The van der Waals surface area contributed by atoms with Crippen LogP contribution < -0.4 is 5.32 Å². The predicted molar refractivity (Wildman–Crippen MR) is 145 cm³/mol. The summed E-state index contributed by atoms with van der Waals surface area (Å²) >= 11 is 1.67. The zero-order valence-corrected chi connectivity index (χ0v) is 19.8. The summed E-state index contributed by atoms with van der Waals surface area (Å²) in [5, 5.41) is 4.85. The molecule has 0 fully saturated rings. The van der Waals surface area contributed by atoms with Crippen molar-refractivity contribution in [2.45, 2.75) is 6.92 Å². The van der Waals surface area contributed by atoms with Gasteiger partial charge < -0.3 is 5.32 Å². The molecule has 0 atom stereocenters. The smallest absolute Gasteiger partial charge is 0.256 e. The number of thiazole rings is 1. The second-order valence-electron chi connectivity index (χ2n) is 8.46. The molecule has 2 heterocycles. The molecule has 0 aliphatic heterocycles. The zero-order valence-electron chi connectivity index (χ0n) is 19.0. The Labute approximate surface area is 206 Å². The lowest BCUT2D eigenvalue weighted by atomic mass is 10.0. The molecule has 4 aromatic carbocycles. The fourth-order valence-corrected chi connectivity index (χ4v) is 5.13. The largest absolute Gasteiger partial charge is 0.322 e. The molecule has 0 radical (unpaired) electrons. The van der Waals surface area contributed by atoms with Crippen LogP contribution in [0.15, 0.2) is 103 Å². The summed E-state index contributed by atoms with van der Waals surface area (Å²) in [6, 6.07) is 33.7. The number of para-hydroxylation sites is 1. The van der Waals surface area contributed by atoms with Gasteiger partial charge in [-0.2, -0.15) is 0 Å². The summed E-state index contributed by atoms with van der Waals surface area (Å²) in [5.41, 5.74) is 7.12. The summed E-state index contributed by atoms with van der Waals surface area (Å²) in [5.74, 6) is -0.163. The number of hydrogen-bond donors (Lipinski definition) is 1. The number of rotatable bonds is 4. The molecule has 5 heteroatoms. The van der Waals surface area contributed by atoms with E-state index in [1.165, 1.54) is 10.3 Å². The maximum absolute atomic E-state index is 13.4. The van der Waals surface area contributed by atoms with Crippen LogP contribution in [0.5, 0.6) is 0 Å². The fraction of sp³-hybridized carbons (Fsp3) is 0.0333. The van der Waals surface area contributed by atoms with Crippen molar-refractivity contribution in [3.8, 4) is 21.8 Å². The van der Waals surface area contributed by atoms with Gasteiger partial charge >= 0.3 is 0 Å². The summed E-state index contributed by atoms with van der Waals surface area (Å²) in [4.78, 5) is 22.9. The minimum Gasteiger partial charge on any atom is -0.322 e. The van der Waals surface area contributed by atoms with E-state index in [4.69, 9.17) is 9.97 Å². The van der Waals surface area contributed by atoms with Crippen LogP contribution in [0.1, 0.15) is 15.9 Å². The SMILES string of the molecule is Cc1ccc2sc(-c3ccc(NC(=O)c4cc(-c5ccccc5)nc5ccccc45)cc3)nc2c1. The first-order valence-electron chi connectivity index (χ1n) is 11.4. The van der Waals surface area contributed by atoms with Crippen molar-refractivity contribution in [2.24, 2.45) is 0 Å². The van der Waals surface area contributed by atoms with Crippen LogP contribution in [0, 0.1) is 6.92 Å².